The average molecular weight is 373 g/mol. The van der Waals surface area contributed by atoms with Crippen LogP contribution in [0.5, 0.6) is 0 Å². The summed E-state index contributed by atoms with van der Waals surface area (Å²) in [6, 6.07) is 0. The summed E-state index contributed by atoms with van der Waals surface area (Å²) in [5, 5.41) is 0. The predicted octanol–water partition coefficient (Wildman–Crippen LogP) is 0.732. The van der Waals surface area contributed by atoms with Crippen molar-refractivity contribution in [3.8, 4) is 0 Å². The van der Waals surface area contributed by atoms with Crippen LogP contribution in [0.2, 0.25) is 0 Å². The van der Waals surface area contributed by atoms with Gasteiger partial charge in [-0.2, -0.15) is 0 Å². The summed E-state index contributed by atoms with van der Waals surface area (Å²) in [7, 11) is 0. The van der Waals surface area contributed by atoms with Crippen molar-refractivity contribution in [2.45, 2.75) is 70.0 Å². The van der Waals surface area contributed by atoms with Gasteiger partial charge in [0.2, 0.25) is 0 Å². The fourth-order valence-electron chi connectivity index (χ4n) is 4.01. The molecule has 0 unspecified atom stereocenters. The fourth-order valence-corrected chi connectivity index (χ4v) is 4.01. The topological polar surface area (TPSA) is 67.9 Å². The largest absolute Gasteiger partial charge is 0.379 e. The molecule has 0 radical (unpaired) electrons. The molecule has 0 aromatic heterocycles. The summed E-state index contributed by atoms with van der Waals surface area (Å²) in [4.78, 5) is 2.35. The first-order valence-corrected chi connectivity index (χ1v) is 9.58. The maximum absolute atomic E-state index is 6.26. The lowest BCUT2D eigenvalue weighted by Gasteiger charge is -2.30. The first kappa shape index (κ1) is 19.0. The summed E-state index contributed by atoms with van der Waals surface area (Å²) >= 11 is 0. The molecule has 26 heavy (non-hydrogen) atoms. The van der Waals surface area contributed by atoms with E-state index in [4.69, 9.17) is 33.2 Å². The van der Waals surface area contributed by atoms with Crippen molar-refractivity contribution in [1.29, 1.82) is 0 Å². The molecule has 0 bridgehead atoms. The summed E-state index contributed by atoms with van der Waals surface area (Å²) in [6.07, 6.45) is -1.40. The van der Waals surface area contributed by atoms with Crippen molar-refractivity contribution in [2.75, 3.05) is 46.1 Å². The molecule has 4 heterocycles. The second kappa shape index (κ2) is 7.25. The van der Waals surface area contributed by atoms with Gasteiger partial charge in [0.25, 0.3) is 0 Å². The van der Waals surface area contributed by atoms with Crippen LogP contribution in [0.3, 0.4) is 0 Å². The minimum atomic E-state index is -0.668. The van der Waals surface area contributed by atoms with Gasteiger partial charge in [-0.3, -0.25) is 4.90 Å². The van der Waals surface area contributed by atoms with Crippen LogP contribution in [0.4, 0.5) is 0 Å². The summed E-state index contributed by atoms with van der Waals surface area (Å²) in [5.41, 5.74) is 0. The number of morpholine rings is 1. The highest BCUT2D eigenvalue weighted by molar-refractivity contribution is 4.98. The average Bonchev–Trinajstić information content (AvgIpc) is 3.18. The molecule has 0 aromatic carbocycles. The molecule has 4 aliphatic heterocycles. The third-order valence-electron chi connectivity index (χ3n) is 5.25. The van der Waals surface area contributed by atoms with E-state index in [0.717, 1.165) is 32.8 Å². The molecule has 0 amide bonds. The van der Waals surface area contributed by atoms with Crippen molar-refractivity contribution in [2.24, 2.45) is 0 Å². The van der Waals surface area contributed by atoms with Gasteiger partial charge >= 0.3 is 0 Å². The lowest BCUT2D eigenvalue weighted by atomic mass is 10.1. The molecule has 150 valence electrons. The van der Waals surface area contributed by atoms with Crippen LogP contribution in [0.25, 0.3) is 0 Å². The Bertz CT molecular complexity index is 494. The molecule has 4 rings (SSSR count). The molecule has 0 saturated carbocycles. The van der Waals surface area contributed by atoms with E-state index in [-0.39, 0.29) is 24.4 Å². The van der Waals surface area contributed by atoms with Crippen molar-refractivity contribution in [3.05, 3.63) is 0 Å². The molecule has 4 fully saturated rings. The summed E-state index contributed by atoms with van der Waals surface area (Å²) in [5.74, 6) is -1.27. The second-order valence-corrected chi connectivity index (χ2v) is 8.23. The highest BCUT2D eigenvalue weighted by atomic mass is 16.8. The smallest absolute Gasteiger partial charge is 0.190 e. The minimum Gasteiger partial charge on any atom is -0.379 e. The number of hydrogen-bond acceptors (Lipinski definition) is 8. The third-order valence-corrected chi connectivity index (χ3v) is 5.25. The van der Waals surface area contributed by atoms with Crippen molar-refractivity contribution in [3.63, 3.8) is 0 Å². The number of nitrogens with zero attached hydrogens (tertiary/aromatic N) is 1. The van der Waals surface area contributed by atoms with Crippen LogP contribution in [0.1, 0.15) is 27.7 Å². The van der Waals surface area contributed by atoms with Crippen LogP contribution in [-0.4, -0.2) is 93.2 Å². The molecule has 8 nitrogen and oxygen atoms in total. The number of ether oxygens (including phenoxy) is 7. The molecule has 4 aliphatic rings. The number of rotatable bonds is 5. The Morgan fingerprint density at radius 1 is 0.962 bits per heavy atom. The van der Waals surface area contributed by atoms with E-state index in [1.807, 2.05) is 27.7 Å². The molecule has 0 aliphatic carbocycles. The van der Waals surface area contributed by atoms with Gasteiger partial charge in [-0.25, -0.2) is 0 Å². The zero-order valence-electron chi connectivity index (χ0n) is 16.1. The van der Waals surface area contributed by atoms with Crippen molar-refractivity contribution < 1.29 is 33.2 Å². The van der Waals surface area contributed by atoms with Crippen LogP contribution < -0.4 is 0 Å². The fraction of sp³-hybridized carbons (Fsp3) is 1.00. The van der Waals surface area contributed by atoms with E-state index in [9.17, 15) is 0 Å². The van der Waals surface area contributed by atoms with E-state index >= 15 is 0 Å². The monoisotopic (exact) mass is 373 g/mol. The first-order valence-electron chi connectivity index (χ1n) is 9.58. The zero-order chi connectivity index (χ0) is 18.4. The van der Waals surface area contributed by atoms with E-state index < -0.39 is 17.9 Å². The second-order valence-electron chi connectivity index (χ2n) is 8.23. The van der Waals surface area contributed by atoms with Crippen molar-refractivity contribution >= 4 is 0 Å². The standard InChI is InChI=1S/C18H31NO7/c1-17(2)22-11-12(24-17)13-14(15-16(23-13)26-18(3,4)25-15)21-10-7-19-5-8-20-9-6-19/h12-16H,5-11H2,1-4H3/t12-,13-,14+,15-,16-/m1/s1. The predicted molar refractivity (Wildman–Crippen MR) is 90.6 cm³/mol. The quantitative estimate of drug-likeness (QED) is 0.699. The normalized spacial score (nSPS) is 42.2. The molecule has 0 spiro atoms. The van der Waals surface area contributed by atoms with Gasteiger partial charge in [-0.15, -0.1) is 0 Å². The molecule has 4 saturated heterocycles. The van der Waals surface area contributed by atoms with Gasteiger partial charge in [-0.1, -0.05) is 0 Å². The highest BCUT2D eigenvalue weighted by Gasteiger charge is 2.58. The molecule has 0 aromatic rings. The van der Waals surface area contributed by atoms with Gasteiger partial charge in [0.1, 0.15) is 24.4 Å². The Hall–Kier alpha value is -0.320. The number of fused-ring (bicyclic) bond motifs is 1. The zero-order valence-corrected chi connectivity index (χ0v) is 16.1. The lowest BCUT2D eigenvalue weighted by Crippen LogP contribution is -2.45. The van der Waals surface area contributed by atoms with Crippen LogP contribution >= 0.6 is 0 Å². The van der Waals surface area contributed by atoms with Gasteiger partial charge in [-0.05, 0) is 27.7 Å². The lowest BCUT2D eigenvalue weighted by molar-refractivity contribution is -0.236. The van der Waals surface area contributed by atoms with Crippen LogP contribution in [-0.2, 0) is 33.2 Å². The van der Waals surface area contributed by atoms with E-state index in [1.165, 1.54) is 0 Å². The maximum atomic E-state index is 6.26. The Labute approximate surface area is 154 Å². The summed E-state index contributed by atoms with van der Waals surface area (Å²) < 4.78 is 41.5. The molecular weight excluding hydrogens is 342 g/mol. The number of hydrogen-bond donors (Lipinski definition) is 0. The Kier molecular flexibility index (Phi) is 5.31. The van der Waals surface area contributed by atoms with Gasteiger partial charge < -0.3 is 33.2 Å². The van der Waals surface area contributed by atoms with Gasteiger partial charge in [0.05, 0.1) is 26.4 Å². The van der Waals surface area contributed by atoms with E-state index in [2.05, 4.69) is 4.90 Å². The minimum absolute atomic E-state index is 0.195. The summed E-state index contributed by atoms with van der Waals surface area (Å²) in [6.45, 7) is 13.0. The highest BCUT2D eigenvalue weighted by Crippen LogP contribution is 2.41. The Balaban J connectivity index is 1.38. The maximum Gasteiger partial charge on any atom is 0.190 e. The molecule has 0 N–H and O–H groups in total. The third kappa shape index (κ3) is 4.07. The first-order chi connectivity index (χ1) is 12.3. The molecule has 5 atom stereocenters. The van der Waals surface area contributed by atoms with E-state index in [0.29, 0.717) is 13.2 Å². The molecule has 8 heteroatoms. The van der Waals surface area contributed by atoms with Crippen LogP contribution in [0, 0.1) is 0 Å². The molecular formula is C18H31NO7. The SMILES string of the molecule is CC1(C)O[C@H]2O[C@H]([C@H]3COC(C)(C)O3)[C@H](OCCN3CCOCC3)[C@H]2O1. The van der Waals surface area contributed by atoms with Crippen molar-refractivity contribution in [1.82, 2.24) is 4.90 Å². The van der Waals surface area contributed by atoms with Crippen LogP contribution in [0.15, 0.2) is 0 Å². The van der Waals surface area contributed by atoms with Gasteiger partial charge in [0.15, 0.2) is 17.9 Å². The van der Waals surface area contributed by atoms with Gasteiger partial charge in [0, 0.05) is 19.6 Å². The Morgan fingerprint density at radius 2 is 1.73 bits per heavy atom. The van der Waals surface area contributed by atoms with E-state index in [1.54, 1.807) is 0 Å². The Morgan fingerprint density at radius 3 is 2.42 bits per heavy atom.